The summed E-state index contributed by atoms with van der Waals surface area (Å²) in [5, 5.41) is 0. The van der Waals surface area contributed by atoms with Gasteiger partial charge in [-0.25, -0.2) is 5.43 Å². The Balaban J connectivity index is 2.09. The zero-order valence-electron chi connectivity index (χ0n) is 11.4. The average molecular weight is 286 g/mol. The van der Waals surface area contributed by atoms with Gasteiger partial charge in [0.25, 0.3) is 0 Å². The van der Waals surface area contributed by atoms with E-state index in [0.29, 0.717) is 0 Å². The fraction of sp³-hybridized carbons (Fsp3) is 0.250. The molecule has 1 aliphatic rings. The standard InChI is InChI=1S/C16H18N2OS/c1-20-14-8-3-2-6-12(14)15(18-17)13-7-4-5-11-9-10-19-16(11)13/h2-8,15,18H,9-10,17H2,1H3. The summed E-state index contributed by atoms with van der Waals surface area (Å²) >= 11 is 1.73. The molecular weight excluding hydrogens is 268 g/mol. The lowest BCUT2D eigenvalue weighted by atomic mass is 9.96. The third-order valence-electron chi connectivity index (χ3n) is 3.67. The minimum absolute atomic E-state index is 0.0494. The largest absolute Gasteiger partial charge is 0.493 e. The first-order valence-electron chi connectivity index (χ1n) is 6.68. The second kappa shape index (κ2) is 5.87. The van der Waals surface area contributed by atoms with Crippen LogP contribution in [-0.2, 0) is 6.42 Å². The maximum Gasteiger partial charge on any atom is 0.127 e. The number of hydrogen-bond donors (Lipinski definition) is 2. The average Bonchev–Trinajstić information content (AvgIpc) is 2.98. The molecule has 1 atom stereocenters. The molecule has 0 saturated carbocycles. The molecular formula is C16H18N2OS. The highest BCUT2D eigenvalue weighted by Crippen LogP contribution is 2.38. The van der Waals surface area contributed by atoms with Crippen molar-refractivity contribution in [1.29, 1.82) is 0 Å². The van der Waals surface area contributed by atoms with Crippen molar-refractivity contribution < 1.29 is 4.74 Å². The normalized spacial score (nSPS) is 14.7. The van der Waals surface area contributed by atoms with Gasteiger partial charge in [-0.2, -0.15) is 0 Å². The molecule has 4 heteroatoms. The van der Waals surface area contributed by atoms with Crippen LogP contribution >= 0.6 is 11.8 Å². The first kappa shape index (κ1) is 13.5. The molecule has 2 aromatic carbocycles. The van der Waals surface area contributed by atoms with Crippen molar-refractivity contribution in [2.75, 3.05) is 12.9 Å². The number of para-hydroxylation sites is 1. The monoisotopic (exact) mass is 286 g/mol. The van der Waals surface area contributed by atoms with Gasteiger partial charge >= 0.3 is 0 Å². The lowest BCUT2D eigenvalue weighted by Crippen LogP contribution is -2.29. The molecule has 0 bridgehead atoms. The number of thioether (sulfide) groups is 1. The van der Waals surface area contributed by atoms with E-state index in [9.17, 15) is 0 Å². The summed E-state index contributed by atoms with van der Waals surface area (Å²) in [7, 11) is 0. The van der Waals surface area contributed by atoms with Crippen LogP contribution in [0.4, 0.5) is 0 Å². The summed E-state index contributed by atoms with van der Waals surface area (Å²) in [4.78, 5) is 1.23. The first-order chi connectivity index (χ1) is 9.85. The van der Waals surface area contributed by atoms with Gasteiger partial charge in [0.05, 0.1) is 12.6 Å². The molecule has 0 saturated heterocycles. The molecule has 2 aromatic rings. The Hall–Kier alpha value is -1.49. The molecule has 104 valence electrons. The quantitative estimate of drug-likeness (QED) is 0.515. The van der Waals surface area contributed by atoms with Crippen molar-refractivity contribution in [3.05, 3.63) is 59.2 Å². The van der Waals surface area contributed by atoms with Crippen LogP contribution in [0.2, 0.25) is 0 Å². The van der Waals surface area contributed by atoms with E-state index in [-0.39, 0.29) is 6.04 Å². The molecule has 0 aromatic heterocycles. The maximum absolute atomic E-state index is 5.84. The van der Waals surface area contributed by atoms with E-state index in [1.807, 2.05) is 6.07 Å². The van der Waals surface area contributed by atoms with Gasteiger partial charge in [-0.1, -0.05) is 36.4 Å². The van der Waals surface area contributed by atoms with E-state index < -0.39 is 0 Å². The van der Waals surface area contributed by atoms with Gasteiger partial charge in [0.1, 0.15) is 5.75 Å². The Bertz CT molecular complexity index is 615. The van der Waals surface area contributed by atoms with Crippen LogP contribution in [0.5, 0.6) is 5.75 Å². The van der Waals surface area contributed by atoms with Gasteiger partial charge in [-0.3, -0.25) is 5.84 Å². The molecule has 0 fully saturated rings. The highest BCUT2D eigenvalue weighted by Gasteiger charge is 2.23. The van der Waals surface area contributed by atoms with Gasteiger partial charge < -0.3 is 4.74 Å². The summed E-state index contributed by atoms with van der Waals surface area (Å²) in [5.41, 5.74) is 6.51. The van der Waals surface area contributed by atoms with Gasteiger partial charge in [0.2, 0.25) is 0 Å². The lowest BCUT2D eigenvalue weighted by Gasteiger charge is -2.21. The van der Waals surface area contributed by atoms with Gasteiger partial charge in [-0.05, 0) is 23.4 Å². The summed E-state index contributed by atoms with van der Waals surface area (Å²) in [5.74, 6) is 6.83. The molecule has 1 unspecified atom stereocenters. The molecule has 20 heavy (non-hydrogen) atoms. The van der Waals surface area contributed by atoms with Gasteiger partial charge in [-0.15, -0.1) is 11.8 Å². The van der Waals surface area contributed by atoms with Crippen molar-refractivity contribution in [3.63, 3.8) is 0 Å². The Labute approximate surface area is 123 Å². The van der Waals surface area contributed by atoms with Crippen molar-refractivity contribution in [1.82, 2.24) is 5.43 Å². The van der Waals surface area contributed by atoms with E-state index in [1.165, 1.54) is 16.0 Å². The van der Waals surface area contributed by atoms with Crippen LogP contribution < -0.4 is 16.0 Å². The van der Waals surface area contributed by atoms with Crippen LogP contribution in [-0.4, -0.2) is 12.9 Å². The highest BCUT2D eigenvalue weighted by molar-refractivity contribution is 7.98. The number of rotatable bonds is 4. The number of hydrogen-bond acceptors (Lipinski definition) is 4. The molecule has 0 amide bonds. The topological polar surface area (TPSA) is 47.3 Å². The smallest absolute Gasteiger partial charge is 0.127 e. The second-order valence-electron chi connectivity index (χ2n) is 4.78. The molecule has 3 N–H and O–H groups in total. The molecule has 1 aliphatic heterocycles. The fourth-order valence-corrected chi connectivity index (χ4v) is 3.36. The second-order valence-corrected chi connectivity index (χ2v) is 5.62. The van der Waals surface area contributed by atoms with E-state index >= 15 is 0 Å². The van der Waals surface area contributed by atoms with Gasteiger partial charge in [0.15, 0.2) is 0 Å². The number of benzene rings is 2. The number of ether oxygens (including phenoxy) is 1. The van der Waals surface area contributed by atoms with Crippen molar-refractivity contribution in [2.45, 2.75) is 17.4 Å². The van der Waals surface area contributed by atoms with Gasteiger partial charge in [0, 0.05) is 16.9 Å². The predicted octanol–water partition coefficient (Wildman–Crippen LogP) is 2.90. The summed E-state index contributed by atoms with van der Waals surface area (Å²) in [6, 6.07) is 14.6. The maximum atomic E-state index is 5.84. The van der Waals surface area contributed by atoms with E-state index in [0.717, 1.165) is 24.3 Å². The van der Waals surface area contributed by atoms with Crippen molar-refractivity contribution in [3.8, 4) is 5.75 Å². The molecule has 0 aliphatic carbocycles. The Kier molecular flexibility index (Phi) is 3.96. The van der Waals surface area contributed by atoms with Crippen molar-refractivity contribution >= 4 is 11.8 Å². The SMILES string of the molecule is CSc1ccccc1C(NN)c1cccc2c1OCC2. The van der Waals surface area contributed by atoms with Crippen LogP contribution in [0.3, 0.4) is 0 Å². The molecule has 3 rings (SSSR count). The molecule has 3 nitrogen and oxygen atoms in total. The fourth-order valence-electron chi connectivity index (χ4n) is 2.72. The summed E-state index contributed by atoms with van der Waals surface area (Å²) in [6.45, 7) is 0.758. The van der Waals surface area contributed by atoms with Crippen LogP contribution in [0, 0.1) is 0 Å². The third kappa shape index (κ3) is 2.30. The van der Waals surface area contributed by atoms with Crippen molar-refractivity contribution in [2.24, 2.45) is 5.84 Å². The minimum atomic E-state index is -0.0494. The van der Waals surface area contributed by atoms with E-state index in [2.05, 4.69) is 48.1 Å². The molecule has 1 heterocycles. The number of hydrazine groups is 1. The van der Waals surface area contributed by atoms with Crippen LogP contribution in [0.15, 0.2) is 47.4 Å². The third-order valence-corrected chi connectivity index (χ3v) is 4.48. The number of nitrogens with two attached hydrogens (primary N) is 1. The number of nitrogens with one attached hydrogen (secondary N) is 1. The Morgan fingerprint density at radius 2 is 1.95 bits per heavy atom. The molecule has 0 radical (unpaired) electrons. The first-order valence-corrected chi connectivity index (χ1v) is 7.91. The predicted molar refractivity (Wildman–Crippen MR) is 83.0 cm³/mol. The summed E-state index contributed by atoms with van der Waals surface area (Å²) < 4.78 is 5.81. The van der Waals surface area contributed by atoms with Crippen LogP contribution in [0.25, 0.3) is 0 Å². The minimum Gasteiger partial charge on any atom is -0.493 e. The van der Waals surface area contributed by atoms with E-state index in [4.69, 9.17) is 10.6 Å². The lowest BCUT2D eigenvalue weighted by molar-refractivity contribution is 0.350. The zero-order valence-corrected chi connectivity index (χ0v) is 12.2. The number of fused-ring (bicyclic) bond motifs is 1. The highest BCUT2D eigenvalue weighted by atomic mass is 32.2. The van der Waals surface area contributed by atoms with E-state index in [1.54, 1.807) is 11.8 Å². The Morgan fingerprint density at radius 1 is 1.15 bits per heavy atom. The molecule has 0 spiro atoms. The Morgan fingerprint density at radius 3 is 2.75 bits per heavy atom. The van der Waals surface area contributed by atoms with Crippen LogP contribution in [0.1, 0.15) is 22.7 Å². The summed E-state index contributed by atoms with van der Waals surface area (Å²) in [6.07, 6.45) is 3.06. The zero-order chi connectivity index (χ0) is 13.9.